The van der Waals surface area contributed by atoms with E-state index in [1.165, 1.54) is 21.1 Å². The minimum absolute atomic E-state index is 0.0629. The lowest BCUT2D eigenvalue weighted by atomic mass is 10.1. The summed E-state index contributed by atoms with van der Waals surface area (Å²) in [5, 5.41) is 21.6. The highest BCUT2D eigenvalue weighted by molar-refractivity contribution is 5.85. The minimum Gasteiger partial charge on any atom is -0.481 e. The molecule has 0 unspecified atom stereocenters. The first-order valence-electron chi connectivity index (χ1n) is 12.8. The summed E-state index contributed by atoms with van der Waals surface area (Å²) in [5.74, 6) is -3.18. The van der Waals surface area contributed by atoms with Gasteiger partial charge in [-0.15, -0.1) is 0 Å². The van der Waals surface area contributed by atoms with Crippen LogP contribution in [0.25, 0.3) is 0 Å². The van der Waals surface area contributed by atoms with Crippen molar-refractivity contribution in [3.63, 3.8) is 0 Å². The summed E-state index contributed by atoms with van der Waals surface area (Å²) in [4.78, 5) is 63.7. The van der Waals surface area contributed by atoms with Gasteiger partial charge in [-0.05, 0) is 40.0 Å². The van der Waals surface area contributed by atoms with Crippen LogP contribution in [-0.4, -0.2) is 78.2 Å². The van der Waals surface area contributed by atoms with Gasteiger partial charge >= 0.3 is 23.9 Å². The van der Waals surface area contributed by atoms with Gasteiger partial charge in [-0.1, -0.05) is 41.5 Å². The average molecular weight is 566 g/mol. The molecule has 230 valence electrons. The molecule has 0 spiro atoms. The van der Waals surface area contributed by atoms with Gasteiger partial charge in [-0.25, -0.2) is 4.79 Å². The number of carboxylic acid groups (broad SMARTS) is 2. The van der Waals surface area contributed by atoms with E-state index in [0.29, 0.717) is 0 Å². The molecule has 13 nitrogen and oxygen atoms in total. The Bertz CT molecular complexity index is 743. The number of ether oxygens (including phenoxy) is 2. The Hall–Kier alpha value is -3.22. The van der Waals surface area contributed by atoms with E-state index in [-0.39, 0.29) is 35.5 Å². The maximum absolute atomic E-state index is 11.3. The molecule has 0 rings (SSSR count). The highest BCUT2D eigenvalue weighted by Gasteiger charge is 2.19. The predicted octanol–water partition coefficient (Wildman–Crippen LogP) is 1.96. The van der Waals surface area contributed by atoms with E-state index in [1.54, 1.807) is 27.7 Å². The second-order valence-corrected chi connectivity index (χ2v) is 8.90. The Morgan fingerprint density at radius 2 is 0.949 bits per heavy atom. The lowest BCUT2D eigenvalue weighted by molar-refractivity contribution is -0.145. The number of rotatable bonds is 11. The fourth-order valence-corrected chi connectivity index (χ4v) is 1.74. The number of carbonyl (C=O) groups excluding carboxylic acids is 4. The molecule has 0 aliphatic carbocycles. The largest absolute Gasteiger partial charge is 0.481 e. The third-order valence-electron chi connectivity index (χ3n) is 5.37. The molecule has 39 heavy (non-hydrogen) atoms. The number of carboxylic acids is 2. The molecular formula is C26H51N3O10. The van der Waals surface area contributed by atoms with Gasteiger partial charge in [0.25, 0.3) is 0 Å². The zero-order chi connectivity index (χ0) is 31.9. The Balaban J connectivity index is -0.000000218. The number of nitrogens with one attached hydrogen (secondary N) is 2. The van der Waals surface area contributed by atoms with Gasteiger partial charge in [0.1, 0.15) is 18.1 Å². The van der Waals surface area contributed by atoms with Gasteiger partial charge in [-0.3, -0.25) is 24.0 Å². The number of hydrogen-bond donors (Lipinski definition) is 5. The maximum atomic E-state index is 11.3. The van der Waals surface area contributed by atoms with Crippen LogP contribution in [0.1, 0.15) is 81.6 Å². The topological polar surface area (TPSA) is 211 Å². The fraction of sp³-hybridized carbons (Fsp3) is 0.769. The van der Waals surface area contributed by atoms with E-state index in [9.17, 15) is 28.8 Å². The van der Waals surface area contributed by atoms with Crippen molar-refractivity contribution in [3.05, 3.63) is 0 Å². The molecule has 0 aromatic rings. The smallest absolute Gasteiger partial charge is 0.328 e. The Kier molecular flexibility index (Phi) is 27.6. The van der Waals surface area contributed by atoms with Gasteiger partial charge in [-0.2, -0.15) is 0 Å². The summed E-state index contributed by atoms with van der Waals surface area (Å²) >= 11 is 0. The van der Waals surface area contributed by atoms with E-state index in [4.69, 9.17) is 15.9 Å². The van der Waals surface area contributed by atoms with E-state index >= 15 is 0 Å². The number of carbonyl (C=O) groups is 6. The van der Waals surface area contributed by atoms with Crippen LogP contribution in [0.2, 0.25) is 0 Å². The molecule has 0 aromatic carbocycles. The summed E-state index contributed by atoms with van der Waals surface area (Å²) in [5.41, 5.74) is 5.07. The lowest BCUT2D eigenvalue weighted by Crippen LogP contribution is -2.41. The van der Waals surface area contributed by atoms with Gasteiger partial charge in [0.2, 0.25) is 11.8 Å². The van der Waals surface area contributed by atoms with Crippen molar-refractivity contribution in [2.24, 2.45) is 23.5 Å². The zero-order valence-electron chi connectivity index (χ0n) is 25.3. The van der Waals surface area contributed by atoms with Crippen molar-refractivity contribution in [1.82, 2.24) is 10.6 Å². The standard InChI is InChI=1S/C9H17NO3.C8H15NO3.C5H10O2.C4H9NO2/c1-5-6(2)8(11)10-7(3)9(12)13-4;1-4-5(2)7(10)9-6(3)8(11)12;1-3-4(2)5(6)7;1-3(5)4(6)7-2/h6-7H,5H2,1-4H3,(H,10,11);5-6H,4H2,1-3H3,(H,9,10)(H,11,12);4H,3H2,1-2H3,(H,6,7);3H,5H2,1-2H3/t6-,7+;5-,6+;4-;3-/m0001/s1. The van der Waals surface area contributed by atoms with Crippen LogP contribution in [0, 0.1) is 17.8 Å². The summed E-state index contributed by atoms with van der Waals surface area (Å²) < 4.78 is 8.72. The number of esters is 2. The first-order chi connectivity index (χ1) is 17.9. The van der Waals surface area contributed by atoms with Crippen molar-refractivity contribution in [3.8, 4) is 0 Å². The van der Waals surface area contributed by atoms with Crippen molar-refractivity contribution in [2.75, 3.05) is 14.2 Å². The normalized spacial score (nSPS) is 14.2. The van der Waals surface area contributed by atoms with Crippen molar-refractivity contribution < 1.29 is 48.5 Å². The highest BCUT2D eigenvalue weighted by atomic mass is 16.5. The van der Waals surface area contributed by atoms with Crippen LogP contribution in [0.3, 0.4) is 0 Å². The number of hydrogen-bond acceptors (Lipinski definition) is 9. The molecule has 0 aliphatic heterocycles. The van der Waals surface area contributed by atoms with Crippen LogP contribution >= 0.6 is 0 Å². The third kappa shape index (κ3) is 24.9. The lowest BCUT2D eigenvalue weighted by Gasteiger charge is -2.14. The summed E-state index contributed by atoms with van der Waals surface area (Å²) in [7, 11) is 2.61. The van der Waals surface area contributed by atoms with Crippen LogP contribution < -0.4 is 16.4 Å². The molecule has 13 heteroatoms. The zero-order valence-corrected chi connectivity index (χ0v) is 25.3. The summed E-state index contributed by atoms with van der Waals surface area (Å²) in [6.45, 7) is 15.6. The molecule has 6 N–H and O–H groups in total. The van der Waals surface area contributed by atoms with Gasteiger partial charge in [0.05, 0.1) is 20.1 Å². The van der Waals surface area contributed by atoms with Crippen molar-refractivity contribution >= 4 is 35.7 Å². The molecule has 0 radical (unpaired) electrons. The van der Waals surface area contributed by atoms with Gasteiger partial charge in [0.15, 0.2) is 0 Å². The van der Waals surface area contributed by atoms with Crippen molar-refractivity contribution in [1.29, 1.82) is 0 Å². The minimum atomic E-state index is -1.01. The molecule has 0 aromatic heterocycles. The van der Waals surface area contributed by atoms with E-state index in [0.717, 1.165) is 19.3 Å². The second kappa shape index (κ2) is 25.1. The fourth-order valence-electron chi connectivity index (χ4n) is 1.74. The molecule has 0 heterocycles. The highest BCUT2D eigenvalue weighted by Crippen LogP contribution is 2.01. The van der Waals surface area contributed by atoms with Gasteiger partial charge < -0.3 is 36.1 Å². The third-order valence-corrected chi connectivity index (χ3v) is 5.37. The first-order valence-corrected chi connectivity index (χ1v) is 12.8. The molecular weight excluding hydrogens is 514 g/mol. The quantitative estimate of drug-likeness (QED) is 0.228. The number of aliphatic carboxylic acids is 2. The average Bonchev–Trinajstić information content (AvgIpc) is 2.90. The Morgan fingerprint density at radius 1 is 0.615 bits per heavy atom. The van der Waals surface area contributed by atoms with Crippen LogP contribution in [0.15, 0.2) is 0 Å². The van der Waals surface area contributed by atoms with E-state index in [2.05, 4.69) is 20.1 Å². The van der Waals surface area contributed by atoms with Crippen LogP contribution in [0.5, 0.6) is 0 Å². The molecule has 0 fully saturated rings. The predicted molar refractivity (Wildman–Crippen MR) is 147 cm³/mol. The second-order valence-electron chi connectivity index (χ2n) is 8.90. The SMILES string of the molecule is CC[C@H](C)C(=O)N[C@H](C)C(=O)O.CC[C@H](C)C(=O)N[C@H](C)C(=O)OC.CC[C@H](C)C(=O)O.COC(=O)[C@@H](C)N. The van der Waals surface area contributed by atoms with Crippen LogP contribution in [-0.2, 0) is 38.2 Å². The van der Waals surface area contributed by atoms with E-state index in [1.807, 2.05) is 27.7 Å². The molecule has 0 bridgehead atoms. The number of nitrogens with two attached hydrogens (primary N) is 1. The number of amides is 2. The van der Waals surface area contributed by atoms with Gasteiger partial charge in [0, 0.05) is 11.8 Å². The Morgan fingerprint density at radius 3 is 1.13 bits per heavy atom. The van der Waals surface area contributed by atoms with Crippen LogP contribution in [0.4, 0.5) is 0 Å². The summed E-state index contributed by atoms with van der Waals surface area (Å²) in [6, 6.07) is -1.86. The summed E-state index contributed by atoms with van der Waals surface area (Å²) in [6.07, 6.45) is 2.20. The molecule has 0 saturated heterocycles. The maximum Gasteiger partial charge on any atom is 0.328 e. The molecule has 0 aliphatic rings. The van der Waals surface area contributed by atoms with E-state index < -0.39 is 36.0 Å². The Labute approximate surface area is 232 Å². The first kappa shape index (κ1) is 42.9. The molecule has 0 saturated carbocycles. The monoisotopic (exact) mass is 565 g/mol. The number of methoxy groups -OCH3 is 2. The molecule has 6 atom stereocenters. The molecule has 2 amide bonds. The van der Waals surface area contributed by atoms with Crippen molar-refractivity contribution in [2.45, 2.75) is 99.7 Å².